The third-order valence-electron chi connectivity index (χ3n) is 8.74. The van der Waals surface area contributed by atoms with Crippen molar-refractivity contribution < 1.29 is 13.2 Å². The van der Waals surface area contributed by atoms with Gasteiger partial charge in [0.15, 0.2) is 0 Å². The summed E-state index contributed by atoms with van der Waals surface area (Å²) >= 11 is 0. The third-order valence-corrected chi connectivity index (χ3v) is 10.5. The molecule has 0 bridgehead atoms. The Labute approximate surface area is 210 Å². The van der Waals surface area contributed by atoms with Crippen LogP contribution in [-0.2, 0) is 21.8 Å². The number of hydrogen-bond acceptors (Lipinski definition) is 3. The quantitative estimate of drug-likeness (QED) is 0.557. The summed E-state index contributed by atoms with van der Waals surface area (Å²) in [6, 6.07) is 8.94. The average molecular weight is 497 g/mol. The van der Waals surface area contributed by atoms with Crippen molar-refractivity contribution in [3.8, 4) is 11.3 Å². The van der Waals surface area contributed by atoms with E-state index >= 15 is 0 Å². The summed E-state index contributed by atoms with van der Waals surface area (Å²) in [7, 11) is -2.95. The Morgan fingerprint density at radius 3 is 2.34 bits per heavy atom. The molecule has 2 aliphatic carbocycles. The molecule has 190 valence electrons. The highest BCUT2D eigenvalue weighted by molar-refractivity contribution is 7.91. The van der Waals surface area contributed by atoms with E-state index in [2.05, 4.69) is 54.9 Å². The maximum Gasteiger partial charge on any atom is 0.253 e. The van der Waals surface area contributed by atoms with Crippen molar-refractivity contribution in [1.82, 2.24) is 9.88 Å². The molecule has 6 heteroatoms. The Kier molecular flexibility index (Phi) is 6.62. The van der Waals surface area contributed by atoms with Gasteiger partial charge in [-0.1, -0.05) is 37.8 Å². The molecule has 5 rings (SSSR count). The number of carbonyl (C=O) groups is 1. The molecule has 1 amide bonds. The largest absolute Gasteiger partial charge is 0.349 e. The van der Waals surface area contributed by atoms with Gasteiger partial charge in [0.05, 0.1) is 17.1 Å². The smallest absolute Gasteiger partial charge is 0.253 e. The second-order valence-electron chi connectivity index (χ2n) is 11.7. The van der Waals surface area contributed by atoms with E-state index in [1.807, 2.05) is 0 Å². The van der Waals surface area contributed by atoms with Crippen LogP contribution in [0.5, 0.6) is 0 Å². The first-order chi connectivity index (χ1) is 16.6. The highest BCUT2D eigenvalue weighted by Crippen LogP contribution is 2.48. The average Bonchev–Trinajstić information content (AvgIpc) is 3.50. The van der Waals surface area contributed by atoms with Gasteiger partial charge in [-0.05, 0) is 93.0 Å². The lowest BCUT2D eigenvalue weighted by atomic mass is 9.89. The van der Waals surface area contributed by atoms with Gasteiger partial charge in [-0.2, -0.15) is 0 Å². The van der Waals surface area contributed by atoms with Crippen molar-refractivity contribution in [2.45, 2.75) is 96.6 Å². The zero-order chi connectivity index (χ0) is 24.8. The Morgan fingerprint density at radius 1 is 1.00 bits per heavy atom. The number of nitrogens with one attached hydrogen (secondary N) is 1. The van der Waals surface area contributed by atoms with Gasteiger partial charge in [0.1, 0.15) is 9.84 Å². The minimum absolute atomic E-state index is 0.0718. The molecule has 2 heterocycles. The summed E-state index contributed by atoms with van der Waals surface area (Å²) in [5.74, 6) is 0.904. The maximum absolute atomic E-state index is 13.4. The maximum atomic E-state index is 13.4. The summed E-state index contributed by atoms with van der Waals surface area (Å²) in [6.45, 7) is 7.55. The van der Waals surface area contributed by atoms with E-state index in [9.17, 15) is 13.2 Å². The van der Waals surface area contributed by atoms with E-state index in [0.717, 1.165) is 23.5 Å². The monoisotopic (exact) mass is 496 g/mol. The molecule has 5 nitrogen and oxygen atoms in total. The molecule has 0 unspecified atom stereocenters. The van der Waals surface area contributed by atoms with E-state index in [1.54, 1.807) is 0 Å². The van der Waals surface area contributed by atoms with E-state index in [0.29, 0.717) is 18.8 Å². The summed E-state index contributed by atoms with van der Waals surface area (Å²) in [5.41, 5.74) is 7.05. The van der Waals surface area contributed by atoms with Crippen molar-refractivity contribution in [1.29, 1.82) is 0 Å². The number of rotatable bonds is 6. The summed E-state index contributed by atoms with van der Waals surface area (Å²) < 4.78 is 26.0. The molecular formula is C29H40N2O3S. The molecule has 3 aliphatic rings. The lowest BCUT2D eigenvalue weighted by Gasteiger charge is -2.25. The van der Waals surface area contributed by atoms with Crippen molar-refractivity contribution in [3.05, 3.63) is 46.6 Å². The van der Waals surface area contributed by atoms with Crippen LogP contribution in [0.4, 0.5) is 0 Å². The fourth-order valence-electron chi connectivity index (χ4n) is 6.03. The van der Waals surface area contributed by atoms with Crippen LogP contribution in [0, 0.1) is 19.8 Å². The number of aryl methyl sites for hydroxylation is 1. The van der Waals surface area contributed by atoms with Gasteiger partial charge >= 0.3 is 0 Å². The molecule has 0 radical (unpaired) electrons. The van der Waals surface area contributed by atoms with Crippen LogP contribution in [0.2, 0.25) is 0 Å². The van der Waals surface area contributed by atoms with Gasteiger partial charge in [0.2, 0.25) is 0 Å². The topological polar surface area (TPSA) is 68.2 Å². The molecule has 2 saturated carbocycles. The summed E-state index contributed by atoms with van der Waals surface area (Å²) in [5, 5.41) is 3.15. The molecule has 1 aromatic heterocycles. The number of nitrogens with zero attached hydrogens (tertiary/aromatic N) is 1. The molecule has 3 fully saturated rings. The minimum atomic E-state index is -2.95. The fourth-order valence-corrected chi connectivity index (χ4v) is 7.52. The second-order valence-corrected chi connectivity index (χ2v) is 14.0. The molecular weight excluding hydrogens is 456 g/mol. The highest BCUT2D eigenvalue weighted by Gasteiger charge is 2.39. The van der Waals surface area contributed by atoms with Crippen LogP contribution < -0.4 is 5.32 Å². The Balaban J connectivity index is 1.48. The lowest BCUT2D eigenvalue weighted by Crippen LogP contribution is -2.41. The molecule has 2 aromatic rings. The Hall–Kier alpha value is -2.08. The standard InChI is InChI=1S/C29H40N2O3S/c1-20-15-23(17-24(16-20)29(3)11-12-29)27-18-26(21(2)31(27)19-22-7-5-4-6-8-22)28(32)30-25-9-13-35(33,34)14-10-25/h15-18,22,25H,4-14,19H2,1-3H3,(H,30,32). The van der Waals surface area contributed by atoms with Crippen LogP contribution in [0.3, 0.4) is 0 Å². The van der Waals surface area contributed by atoms with Gasteiger partial charge in [-0.25, -0.2) is 8.42 Å². The van der Waals surface area contributed by atoms with Crippen LogP contribution in [0.15, 0.2) is 24.3 Å². The van der Waals surface area contributed by atoms with Crippen LogP contribution in [0.1, 0.15) is 91.9 Å². The van der Waals surface area contributed by atoms with Gasteiger partial charge in [0, 0.05) is 24.0 Å². The molecule has 1 saturated heterocycles. The van der Waals surface area contributed by atoms with Crippen LogP contribution in [0.25, 0.3) is 11.3 Å². The molecule has 1 N–H and O–H groups in total. The van der Waals surface area contributed by atoms with Crippen molar-refractivity contribution in [3.63, 3.8) is 0 Å². The summed E-state index contributed by atoms with van der Waals surface area (Å²) in [4.78, 5) is 13.4. The first kappa shape index (κ1) is 24.6. The van der Waals surface area contributed by atoms with E-state index in [1.165, 1.54) is 61.6 Å². The third kappa shape index (κ3) is 5.37. The lowest BCUT2D eigenvalue weighted by molar-refractivity contribution is 0.0933. The fraction of sp³-hybridized carbons (Fsp3) is 0.621. The predicted octanol–water partition coefficient (Wildman–Crippen LogP) is 5.71. The van der Waals surface area contributed by atoms with E-state index < -0.39 is 9.84 Å². The normalized spacial score (nSPS) is 22.1. The van der Waals surface area contributed by atoms with E-state index in [4.69, 9.17) is 0 Å². The SMILES string of the molecule is Cc1cc(-c2cc(C(=O)NC3CCS(=O)(=O)CC3)c(C)n2CC2CCCCC2)cc(C2(C)CC2)c1. The van der Waals surface area contributed by atoms with Gasteiger partial charge < -0.3 is 9.88 Å². The number of carbonyl (C=O) groups excluding carboxylic acids is 1. The van der Waals surface area contributed by atoms with Crippen molar-refractivity contribution >= 4 is 15.7 Å². The first-order valence-electron chi connectivity index (χ1n) is 13.5. The van der Waals surface area contributed by atoms with Gasteiger partial charge in [0.25, 0.3) is 5.91 Å². The zero-order valence-electron chi connectivity index (χ0n) is 21.5. The molecule has 0 atom stereocenters. The number of benzene rings is 1. The van der Waals surface area contributed by atoms with Crippen LogP contribution >= 0.6 is 0 Å². The van der Waals surface area contributed by atoms with Crippen LogP contribution in [-0.4, -0.2) is 36.4 Å². The molecule has 1 aromatic carbocycles. The minimum Gasteiger partial charge on any atom is -0.349 e. The van der Waals surface area contributed by atoms with E-state index in [-0.39, 0.29) is 28.9 Å². The predicted molar refractivity (Wildman–Crippen MR) is 142 cm³/mol. The van der Waals surface area contributed by atoms with Gasteiger partial charge in [-0.15, -0.1) is 0 Å². The molecule has 35 heavy (non-hydrogen) atoms. The first-order valence-corrected chi connectivity index (χ1v) is 15.3. The molecule has 1 aliphatic heterocycles. The highest BCUT2D eigenvalue weighted by atomic mass is 32.2. The van der Waals surface area contributed by atoms with Gasteiger partial charge in [-0.3, -0.25) is 4.79 Å². The summed E-state index contributed by atoms with van der Waals surface area (Å²) in [6.07, 6.45) is 9.92. The number of hydrogen-bond donors (Lipinski definition) is 1. The number of amides is 1. The number of aromatic nitrogens is 1. The second kappa shape index (κ2) is 9.42. The molecule has 0 spiro atoms. The van der Waals surface area contributed by atoms with Crippen molar-refractivity contribution in [2.24, 2.45) is 5.92 Å². The Morgan fingerprint density at radius 2 is 1.69 bits per heavy atom. The van der Waals surface area contributed by atoms with Crippen molar-refractivity contribution in [2.75, 3.05) is 11.5 Å². The Bertz CT molecular complexity index is 1200. The zero-order valence-corrected chi connectivity index (χ0v) is 22.3. The number of sulfone groups is 1.